The summed E-state index contributed by atoms with van der Waals surface area (Å²) in [7, 11) is 1.81. The number of halogens is 1. The minimum atomic E-state index is 0. The lowest BCUT2D eigenvalue weighted by Gasteiger charge is -2.12. The van der Waals surface area contributed by atoms with Crippen LogP contribution in [-0.4, -0.2) is 40.9 Å². The number of H-pyrrole nitrogens is 1. The molecule has 0 fully saturated rings. The zero-order valence-corrected chi connectivity index (χ0v) is 18.6. The molecule has 0 saturated carbocycles. The van der Waals surface area contributed by atoms with Gasteiger partial charge in [0.15, 0.2) is 5.96 Å². The van der Waals surface area contributed by atoms with E-state index in [-0.39, 0.29) is 24.0 Å². The lowest BCUT2D eigenvalue weighted by molar-refractivity contribution is 0.555. The van der Waals surface area contributed by atoms with Gasteiger partial charge in [0.1, 0.15) is 0 Å². The molecule has 2 heterocycles. The summed E-state index contributed by atoms with van der Waals surface area (Å²) in [6.07, 6.45) is 4.05. The van der Waals surface area contributed by atoms with Crippen LogP contribution in [0.3, 0.4) is 0 Å². The van der Waals surface area contributed by atoms with E-state index in [4.69, 9.17) is 0 Å². The molecule has 27 heavy (non-hydrogen) atoms. The van der Waals surface area contributed by atoms with Crippen LogP contribution >= 0.6 is 24.0 Å². The minimum absolute atomic E-state index is 0. The van der Waals surface area contributed by atoms with E-state index < -0.39 is 0 Å². The normalized spacial score (nSPS) is 11.4. The van der Waals surface area contributed by atoms with Gasteiger partial charge >= 0.3 is 0 Å². The van der Waals surface area contributed by atoms with Crippen molar-refractivity contribution in [1.29, 1.82) is 0 Å². The number of rotatable bonds is 7. The minimum Gasteiger partial charge on any atom is -0.361 e. The number of nitrogens with one attached hydrogen (secondary N) is 3. The molecule has 6 nitrogen and oxygen atoms in total. The maximum absolute atomic E-state index is 4.49. The number of aliphatic imine (C=N–C) groups is 1. The number of benzene rings is 1. The molecule has 0 atom stereocenters. The first-order valence-corrected chi connectivity index (χ1v) is 9.18. The van der Waals surface area contributed by atoms with Crippen molar-refractivity contribution in [2.75, 3.05) is 20.1 Å². The SMILES string of the molecule is CN=C(NCCCn1nc(C)cc1C)NCCc1c[nH]c2ccccc12.I. The van der Waals surface area contributed by atoms with Gasteiger partial charge in [0.2, 0.25) is 0 Å². The van der Waals surface area contributed by atoms with E-state index in [1.165, 1.54) is 22.2 Å². The van der Waals surface area contributed by atoms with Crippen LogP contribution in [0.15, 0.2) is 41.5 Å². The molecule has 3 rings (SSSR count). The largest absolute Gasteiger partial charge is 0.361 e. The Morgan fingerprint density at radius 2 is 1.96 bits per heavy atom. The molecule has 7 heteroatoms. The number of para-hydroxylation sites is 1. The highest BCUT2D eigenvalue weighted by Gasteiger charge is 2.04. The maximum Gasteiger partial charge on any atom is 0.190 e. The van der Waals surface area contributed by atoms with Gasteiger partial charge in [0.05, 0.1) is 5.69 Å². The van der Waals surface area contributed by atoms with Crippen molar-refractivity contribution in [3.05, 3.63) is 53.5 Å². The van der Waals surface area contributed by atoms with Gasteiger partial charge < -0.3 is 15.6 Å². The Hall–Kier alpha value is -2.03. The van der Waals surface area contributed by atoms with Crippen molar-refractivity contribution in [3.8, 4) is 0 Å². The fourth-order valence-electron chi connectivity index (χ4n) is 3.21. The highest BCUT2D eigenvalue weighted by atomic mass is 127. The monoisotopic (exact) mass is 480 g/mol. The van der Waals surface area contributed by atoms with Crippen molar-refractivity contribution in [1.82, 2.24) is 25.4 Å². The summed E-state index contributed by atoms with van der Waals surface area (Å²) in [5, 5.41) is 12.5. The van der Waals surface area contributed by atoms with E-state index in [0.29, 0.717) is 0 Å². The standard InChI is InChI=1S/C20H28N6.HI/c1-15-13-16(2)26(25-15)12-6-10-22-20(21-3)23-11-9-17-14-24-19-8-5-4-7-18(17)19;/h4-5,7-8,13-14,24H,6,9-12H2,1-3H3,(H2,21,22,23);1H. The molecule has 1 aromatic carbocycles. The average Bonchev–Trinajstić information content (AvgIpc) is 3.19. The Kier molecular flexibility index (Phi) is 8.15. The van der Waals surface area contributed by atoms with Crippen LogP contribution in [0.5, 0.6) is 0 Å². The predicted molar refractivity (Wildman–Crippen MR) is 123 cm³/mol. The number of guanidine groups is 1. The van der Waals surface area contributed by atoms with Crippen molar-refractivity contribution in [3.63, 3.8) is 0 Å². The molecule has 0 aliphatic carbocycles. The Balaban J connectivity index is 0.00000261. The molecular weight excluding hydrogens is 451 g/mol. The zero-order chi connectivity index (χ0) is 18.4. The van der Waals surface area contributed by atoms with Crippen LogP contribution in [0.4, 0.5) is 0 Å². The number of hydrogen-bond acceptors (Lipinski definition) is 2. The fraction of sp³-hybridized carbons (Fsp3) is 0.400. The summed E-state index contributed by atoms with van der Waals surface area (Å²) in [6.45, 7) is 6.75. The van der Waals surface area contributed by atoms with Crippen LogP contribution in [0.2, 0.25) is 0 Å². The van der Waals surface area contributed by atoms with Crippen molar-refractivity contribution in [2.24, 2.45) is 4.99 Å². The number of aromatic nitrogens is 3. The van der Waals surface area contributed by atoms with Crippen molar-refractivity contribution in [2.45, 2.75) is 33.2 Å². The van der Waals surface area contributed by atoms with E-state index in [0.717, 1.165) is 44.1 Å². The molecule has 0 spiro atoms. The topological polar surface area (TPSA) is 70.0 Å². The van der Waals surface area contributed by atoms with Gasteiger partial charge in [-0.1, -0.05) is 18.2 Å². The summed E-state index contributed by atoms with van der Waals surface area (Å²) in [5.74, 6) is 0.846. The van der Waals surface area contributed by atoms with Crippen LogP contribution in [0.25, 0.3) is 10.9 Å². The van der Waals surface area contributed by atoms with E-state index in [2.05, 4.69) is 73.8 Å². The van der Waals surface area contributed by atoms with Crippen molar-refractivity contribution < 1.29 is 0 Å². The third-order valence-corrected chi connectivity index (χ3v) is 4.53. The molecule has 2 aromatic heterocycles. The van der Waals surface area contributed by atoms with Crippen LogP contribution in [0, 0.1) is 13.8 Å². The molecule has 146 valence electrons. The molecule has 0 bridgehead atoms. The zero-order valence-electron chi connectivity index (χ0n) is 16.2. The summed E-state index contributed by atoms with van der Waals surface area (Å²) < 4.78 is 2.06. The molecule has 0 saturated heterocycles. The lowest BCUT2D eigenvalue weighted by atomic mass is 10.1. The van der Waals surface area contributed by atoms with Gasteiger partial charge in [-0.15, -0.1) is 24.0 Å². The summed E-state index contributed by atoms with van der Waals surface area (Å²) in [6, 6.07) is 10.5. The first kappa shape index (κ1) is 21.3. The third-order valence-electron chi connectivity index (χ3n) is 4.53. The Labute approximate surface area is 177 Å². The first-order valence-electron chi connectivity index (χ1n) is 9.18. The first-order chi connectivity index (χ1) is 12.7. The van der Waals surface area contributed by atoms with Gasteiger partial charge in [-0.3, -0.25) is 9.67 Å². The fourth-order valence-corrected chi connectivity index (χ4v) is 3.21. The van der Waals surface area contributed by atoms with Gasteiger partial charge in [-0.05, 0) is 44.4 Å². The summed E-state index contributed by atoms with van der Waals surface area (Å²) >= 11 is 0. The quantitative estimate of drug-likeness (QED) is 0.210. The molecule has 0 amide bonds. The van der Waals surface area contributed by atoms with Crippen LogP contribution in [-0.2, 0) is 13.0 Å². The molecule has 0 aliphatic rings. The van der Waals surface area contributed by atoms with Crippen molar-refractivity contribution >= 4 is 40.8 Å². The van der Waals surface area contributed by atoms with Gasteiger partial charge in [0.25, 0.3) is 0 Å². The third kappa shape index (κ3) is 5.72. The van der Waals surface area contributed by atoms with E-state index in [1.54, 1.807) is 0 Å². The van der Waals surface area contributed by atoms with Gasteiger partial charge in [0, 0.05) is 49.5 Å². The smallest absolute Gasteiger partial charge is 0.190 e. The Morgan fingerprint density at radius 1 is 1.19 bits per heavy atom. The number of aryl methyl sites for hydroxylation is 3. The molecule has 3 N–H and O–H groups in total. The number of fused-ring (bicyclic) bond motifs is 1. The highest BCUT2D eigenvalue weighted by molar-refractivity contribution is 14.0. The van der Waals surface area contributed by atoms with E-state index >= 15 is 0 Å². The van der Waals surface area contributed by atoms with Gasteiger partial charge in [-0.25, -0.2) is 0 Å². The molecule has 0 radical (unpaired) electrons. The molecule has 0 unspecified atom stereocenters. The predicted octanol–water partition coefficient (Wildman–Crippen LogP) is 3.40. The maximum atomic E-state index is 4.49. The average molecular weight is 480 g/mol. The van der Waals surface area contributed by atoms with Crippen LogP contribution in [0.1, 0.15) is 23.4 Å². The summed E-state index contributed by atoms with van der Waals surface area (Å²) in [5.41, 5.74) is 4.80. The molecule has 3 aromatic rings. The second-order valence-corrected chi connectivity index (χ2v) is 6.54. The van der Waals surface area contributed by atoms with Gasteiger partial charge in [-0.2, -0.15) is 5.10 Å². The molecule has 0 aliphatic heterocycles. The Bertz CT molecular complexity index is 880. The Morgan fingerprint density at radius 3 is 2.70 bits per heavy atom. The second kappa shape index (κ2) is 10.3. The highest BCUT2D eigenvalue weighted by Crippen LogP contribution is 2.17. The number of nitrogens with zero attached hydrogens (tertiary/aromatic N) is 3. The lowest BCUT2D eigenvalue weighted by Crippen LogP contribution is -2.39. The summed E-state index contributed by atoms with van der Waals surface area (Å²) in [4.78, 5) is 7.62. The van der Waals surface area contributed by atoms with E-state index in [9.17, 15) is 0 Å². The second-order valence-electron chi connectivity index (χ2n) is 6.54. The number of hydrogen-bond donors (Lipinski definition) is 3. The number of aromatic amines is 1. The molecular formula is C20H29IN6. The van der Waals surface area contributed by atoms with Crippen LogP contribution < -0.4 is 10.6 Å². The van der Waals surface area contributed by atoms with E-state index in [1.807, 2.05) is 14.0 Å².